The maximum Gasteiger partial charge on any atom is 0.238 e. The third kappa shape index (κ3) is 5.87. The quantitative estimate of drug-likeness (QED) is 0.737. The van der Waals surface area contributed by atoms with Gasteiger partial charge in [-0.3, -0.25) is 14.5 Å². The number of rotatable bonds is 7. The van der Waals surface area contributed by atoms with Gasteiger partial charge in [-0.25, -0.2) is 0 Å². The molecule has 0 heterocycles. The molecule has 0 aliphatic heterocycles. The first kappa shape index (κ1) is 22.2. The van der Waals surface area contributed by atoms with Gasteiger partial charge in [-0.1, -0.05) is 37.0 Å². The standard InChI is InChI=1S/C18H24Cl2N4O2/c1-11(2)18(4,10-21)23-17(26)12(3)24(5)9-16(25)22-13-6-7-14(19)15(20)8-13/h6-8,11-12H,9H2,1-5H3,(H,22,25)(H,23,26)/t12-,18+/m0/s1. The van der Waals surface area contributed by atoms with Crippen molar-refractivity contribution in [1.82, 2.24) is 10.2 Å². The van der Waals surface area contributed by atoms with Crippen molar-refractivity contribution >= 4 is 40.7 Å². The van der Waals surface area contributed by atoms with Gasteiger partial charge in [0.2, 0.25) is 11.8 Å². The summed E-state index contributed by atoms with van der Waals surface area (Å²) < 4.78 is 0. The molecule has 0 radical (unpaired) electrons. The average molecular weight is 399 g/mol. The zero-order chi connectivity index (χ0) is 20.1. The fourth-order valence-corrected chi connectivity index (χ4v) is 2.30. The number of carbonyl (C=O) groups excluding carboxylic acids is 2. The number of nitrogens with zero attached hydrogens (tertiary/aromatic N) is 2. The van der Waals surface area contributed by atoms with Gasteiger partial charge in [0.1, 0.15) is 5.54 Å². The molecule has 2 N–H and O–H groups in total. The number of nitriles is 1. The number of anilines is 1. The molecule has 1 aromatic carbocycles. The third-order valence-corrected chi connectivity index (χ3v) is 5.15. The first-order valence-electron chi connectivity index (χ1n) is 8.18. The molecule has 1 rings (SSSR count). The third-order valence-electron chi connectivity index (χ3n) is 4.41. The van der Waals surface area contributed by atoms with E-state index in [4.69, 9.17) is 23.2 Å². The van der Waals surface area contributed by atoms with Crippen LogP contribution in [-0.2, 0) is 9.59 Å². The van der Waals surface area contributed by atoms with Crippen molar-refractivity contribution in [2.24, 2.45) is 5.92 Å². The SMILES string of the molecule is CC(C)[C@@](C)(C#N)NC(=O)[C@H](C)N(C)CC(=O)Nc1ccc(Cl)c(Cl)c1. The van der Waals surface area contributed by atoms with E-state index in [1.54, 1.807) is 44.0 Å². The van der Waals surface area contributed by atoms with Gasteiger partial charge in [0, 0.05) is 5.69 Å². The summed E-state index contributed by atoms with van der Waals surface area (Å²) in [6.45, 7) is 7.09. The van der Waals surface area contributed by atoms with Gasteiger partial charge in [0.25, 0.3) is 0 Å². The highest BCUT2D eigenvalue weighted by molar-refractivity contribution is 6.42. The summed E-state index contributed by atoms with van der Waals surface area (Å²) in [5.74, 6) is -0.656. The molecule has 6 nitrogen and oxygen atoms in total. The summed E-state index contributed by atoms with van der Waals surface area (Å²) in [5, 5.41) is 15.5. The van der Waals surface area contributed by atoms with Crippen LogP contribution < -0.4 is 10.6 Å². The summed E-state index contributed by atoms with van der Waals surface area (Å²) in [7, 11) is 1.66. The van der Waals surface area contributed by atoms with Crippen LogP contribution in [0.2, 0.25) is 10.0 Å². The van der Waals surface area contributed by atoms with Crippen LogP contribution >= 0.6 is 23.2 Å². The summed E-state index contributed by atoms with van der Waals surface area (Å²) in [5.41, 5.74) is -0.444. The van der Waals surface area contributed by atoms with E-state index >= 15 is 0 Å². The lowest BCUT2D eigenvalue weighted by molar-refractivity contribution is -0.128. The van der Waals surface area contributed by atoms with Crippen LogP contribution in [0.25, 0.3) is 0 Å². The number of benzene rings is 1. The number of hydrogen-bond acceptors (Lipinski definition) is 4. The Morgan fingerprint density at radius 2 is 1.88 bits per heavy atom. The summed E-state index contributed by atoms with van der Waals surface area (Å²) >= 11 is 11.8. The molecule has 26 heavy (non-hydrogen) atoms. The second kappa shape index (κ2) is 9.22. The Labute approximate surface area is 164 Å². The van der Waals surface area contributed by atoms with Gasteiger partial charge in [0.15, 0.2) is 0 Å². The lowest BCUT2D eigenvalue weighted by Gasteiger charge is -2.31. The zero-order valence-corrected chi connectivity index (χ0v) is 17.1. The van der Waals surface area contributed by atoms with Gasteiger partial charge in [-0.2, -0.15) is 5.26 Å². The molecule has 1 aromatic rings. The van der Waals surface area contributed by atoms with Crippen molar-refractivity contribution in [3.8, 4) is 6.07 Å². The van der Waals surface area contributed by atoms with Gasteiger partial charge >= 0.3 is 0 Å². The first-order valence-corrected chi connectivity index (χ1v) is 8.94. The van der Waals surface area contributed by atoms with Crippen LogP contribution in [0.1, 0.15) is 27.7 Å². The highest BCUT2D eigenvalue weighted by Crippen LogP contribution is 2.25. The Kier molecular flexibility index (Phi) is 7.88. The van der Waals surface area contributed by atoms with Crippen LogP contribution in [-0.4, -0.2) is 41.9 Å². The van der Waals surface area contributed by atoms with Crippen molar-refractivity contribution in [1.29, 1.82) is 5.26 Å². The second-order valence-corrected chi connectivity index (χ2v) is 7.54. The van der Waals surface area contributed by atoms with Crippen molar-refractivity contribution in [3.63, 3.8) is 0 Å². The van der Waals surface area contributed by atoms with Crippen LogP contribution in [0.15, 0.2) is 18.2 Å². The number of nitrogens with one attached hydrogen (secondary N) is 2. The van der Waals surface area contributed by atoms with E-state index in [0.29, 0.717) is 15.7 Å². The highest BCUT2D eigenvalue weighted by Gasteiger charge is 2.32. The molecule has 0 unspecified atom stereocenters. The Morgan fingerprint density at radius 3 is 2.38 bits per heavy atom. The Morgan fingerprint density at radius 1 is 1.27 bits per heavy atom. The van der Waals surface area contributed by atoms with Crippen molar-refractivity contribution in [3.05, 3.63) is 28.2 Å². The van der Waals surface area contributed by atoms with E-state index in [9.17, 15) is 14.9 Å². The monoisotopic (exact) mass is 398 g/mol. The second-order valence-electron chi connectivity index (χ2n) is 6.73. The smallest absolute Gasteiger partial charge is 0.238 e. The molecule has 0 bridgehead atoms. The molecule has 8 heteroatoms. The molecule has 0 spiro atoms. The zero-order valence-electron chi connectivity index (χ0n) is 15.6. The number of amides is 2. The fraction of sp³-hybridized carbons (Fsp3) is 0.500. The topological polar surface area (TPSA) is 85.2 Å². The summed E-state index contributed by atoms with van der Waals surface area (Å²) in [4.78, 5) is 26.2. The fourth-order valence-electron chi connectivity index (χ4n) is 2.00. The van der Waals surface area contributed by atoms with E-state index in [1.165, 1.54) is 0 Å². The van der Waals surface area contributed by atoms with Crippen molar-refractivity contribution < 1.29 is 9.59 Å². The largest absolute Gasteiger partial charge is 0.336 e. The lowest BCUT2D eigenvalue weighted by Crippen LogP contribution is -2.55. The van der Waals surface area contributed by atoms with E-state index in [0.717, 1.165) is 0 Å². The predicted molar refractivity (Wildman–Crippen MR) is 104 cm³/mol. The van der Waals surface area contributed by atoms with Crippen LogP contribution in [0.5, 0.6) is 0 Å². The maximum absolute atomic E-state index is 12.4. The average Bonchev–Trinajstić information content (AvgIpc) is 2.56. The summed E-state index contributed by atoms with van der Waals surface area (Å²) in [6, 6.07) is 6.34. The number of hydrogen-bond donors (Lipinski definition) is 2. The Hall–Kier alpha value is -1.81. The molecule has 2 amide bonds. The molecule has 0 saturated heterocycles. The minimum Gasteiger partial charge on any atom is -0.336 e. The van der Waals surface area contributed by atoms with Crippen LogP contribution in [0, 0.1) is 17.2 Å². The molecule has 0 aliphatic rings. The normalized spacial score (nSPS) is 14.5. The van der Waals surface area contributed by atoms with Crippen LogP contribution in [0.3, 0.4) is 0 Å². The maximum atomic E-state index is 12.4. The molecule has 2 atom stereocenters. The highest BCUT2D eigenvalue weighted by atomic mass is 35.5. The van der Waals surface area contributed by atoms with Gasteiger partial charge < -0.3 is 10.6 Å². The molecule has 142 valence electrons. The predicted octanol–water partition coefficient (Wildman–Crippen LogP) is 3.31. The first-order chi connectivity index (χ1) is 12.0. The minimum absolute atomic E-state index is 0.000220. The van der Waals surface area contributed by atoms with Crippen molar-refractivity contribution in [2.75, 3.05) is 18.9 Å². The van der Waals surface area contributed by atoms with Crippen molar-refractivity contribution in [2.45, 2.75) is 39.3 Å². The minimum atomic E-state index is -0.964. The molecular weight excluding hydrogens is 375 g/mol. The van der Waals surface area contributed by atoms with E-state index in [2.05, 4.69) is 16.7 Å². The number of carbonyl (C=O) groups is 2. The molecule has 0 aromatic heterocycles. The van der Waals surface area contributed by atoms with Gasteiger partial charge in [0.05, 0.1) is 28.7 Å². The van der Waals surface area contributed by atoms with E-state index < -0.39 is 11.6 Å². The van der Waals surface area contributed by atoms with Gasteiger partial charge in [-0.15, -0.1) is 0 Å². The number of likely N-dealkylation sites (N-methyl/N-ethyl adjacent to an activating group) is 1. The molecule has 0 saturated carbocycles. The van der Waals surface area contributed by atoms with Crippen LogP contribution in [0.4, 0.5) is 5.69 Å². The van der Waals surface area contributed by atoms with E-state index in [1.807, 2.05) is 13.8 Å². The number of halogens is 2. The Balaban J connectivity index is 2.66. The molecule has 0 aliphatic carbocycles. The molecular formula is C18H24Cl2N4O2. The van der Waals surface area contributed by atoms with E-state index in [-0.39, 0.29) is 24.3 Å². The Bertz CT molecular complexity index is 718. The van der Waals surface area contributed by atoms with Gasteiger partial charge in [-0.05, 0) is 45.0 Å². The lowest BCUT2D eigenvalue weighted by atomic mass is 9.90. The molecule has 0 fully saturated rings. The summed E-state index contributed by atoms with van der Waals surface area (Å²) in [6.07, 6.45) is 0.